The maximum Gasteiger partial charge on any atom is 0.416 e. The van der Waals surface area contributed by atoms with Crippen LogP contribution < -0.4 is 5.32 Å². The van der Waals surface area contributed by atoms with Gasteiger partial charge in [-0.1, -0.05) is 30.3 Å². The number of fused-ring (bicyclic) bond motifs is 1. The number of carbonyl (C=O) groups is 2. The van der Waals surface area contributed by atoms with Gasteiger partial charge >= 0.3 is 6.18 Å². The van der Waals surface area contributed by atoms with Gasteiger partial charge in [0.1, 0.15) is 0 Å². The Morgan fingerprint density at radius 2 is 1.83 bits per heavy atom. The number of rotatable bonds is 3. The van der Waals surface area contributed by atoms with E-state index in [1.54, 1.807) is 31.3 Å². The molecule has 4 nitrogen and oxygen atoms in total. The minimum atomic E-state index is -4.51. The average molecular weight is 430 g/mol. The summed E-state index contributed by atoms with van der Waals surface area (Å²) in [7, 11) is 1.63. The highest BCUT2D eigenvalue weighted by Gasteiger charge is 2.43. The number of benzene rings is 2. The monoisotopic (exact) mass is 430 g/mol. The van der Waals surface area contributed by atoms with Crippen LogP contribution in [0.4, 0.5) is 18.9 Å². The Balaban J connectivity index is 1.75. The number of likely N-dealkylation sites (N-methyl/N-ethyl adjacent to an activating group) is 1. The van der Waals surface area contributed by atoms with Crippen molar-refractivity contribution >= 4 is 28.8 Å². The molecule has 1 aromatic heterocycles. The summed E-state index contributed by atoms with van der Waals surface area (Å²) in [5.74, 6) is -1.44. The van der Waals surface area contributed by atoms with Gasteiger partial charge in [0.15, 0.2) is 0 Å². The van der Waals surface area contributed by atoms with Gasteiger partial charge in [-0.15, -0.1) is 11.3 Å². The fourth-order valence-corrected chi connectivity index (χ4v) is 4.67. The molecule has 1 aliphatic heterocycles. The fourth-order valence-electron chi connectivity index (χ4n) is 3.77. The molecule has 0 radical (unpaired) electrons. The van der Waals surface area contributed by atoms with E-state index in [9.17, 15) is 22.8 Å². The number of alkyl halides is 3. The van der Waals surface area contributed by atoms with Gasteiger partial charge in [-0.25, -0.2) is 0 Å². The Bertz CT molecular complexity index is 1100. The molecule has 154 valence electrons. The van der Waals surface area contributed by atoms with Gasteiger partial charge in [0.05, 0.1) is 17.5 Å². The predicted octanol–water partition coefficient (Wildman–Crippen LogP) is 5.32. The molecule has 2 unspecified atom stereocenters. The first-order valence-corrected chi connectivity index (χ1v) is 10.0. The van der Waals surface area contributed by atoms with Crippen molar-refractivity contribution in [3.8, 4) is 0 Å². The summed E-state index contributed by atoms with van der Waals surface area (Å²) in [5.41, 5.74) is 0.184. The summed E-state index contributed by atoms with van der Waals surface area (Å²) >= 11 is 1.42. The van der Waals surface area contributed by atoms with Crippen molar-refractivity contribution in [3.05, 3.63) is 87.6 Å². The van der Waals surface area contributed by atoms with E-state index in [1.807, 2.05) is 17.5 Å². The quantitative estimate of drug-likeness (QED) is 0.612. The highest BCUT2D eigenvalue weighted by molar-refractivity contribution is 7.10. The molecular weight excluding hydrogens is 413 g/mol. The minimum Gasteiger partial charge on any atom is -0.333 e. The van der Waals surface area contributed by atoms with Crippen LogP contribution in [0.5, 0.6) is 0 Å². The molecule has 2 atom stereocenters. The van der Waals surface area contributed by atoms with Gasteiger partial charge in [-0.05, 0) is 41.3 Å². The Hall–Kier alpha value is -3.13. The maximum atomic E-state index is 13.3. The number of nitrogens with zero attached hydrogens (tertiary/aromatic N) is 1. The lowest BCUT2D eigenvalue weighted by molar-refractivity contribution is -0.137. The predicted molar refractivity (Wildman–Crippen MR) is 108 cm³/mol. The first-order valence-electron chi connectivity index (χ1n) is 9.15. The van der Waals surface area contributed by atoms with Gasteiger partial charge in [0.25, 0.3) is 5.91 Å². The van der Waals surface area contributed by atoms with Gasteiger partial charge in [-0.2, -0.15) is 13.2 Å². The molecule has 0 saturated carbocycles. The van der Waals surface area contributed by atoms with Crippen molar-refractivity contribution in [1.82, 2.24) is 4.90 Å². The van der Waals surface area contributed by atoms with Crippen molar-refractivity contribution < 1.29 is 22.8 Å². The first-order chi connectivity index (χ1) is 14.3. The zero-order valence-electron chi connectivity index (χ0n) is 15.8. The molecule has 8 heteroatoms. The van der Waals surface area contributed by atoms with Gasteiger partial charge in [0.2, 0.25) is 5.91 Å². The van der Waals surface area contributed by atoms with Crippen LogP contribution in [0.3, 0.4) is 0 Å². The number of nitrogens with one attached hydrogen (secondary N) is 1. The Morgan fingerprint density at radius 1 is 1.07 bits per heavy atom. The van der Waals surface area contributed by atoms with E-state index in [4.69, 9.17) is 0 Å². The minimum absolute atomic E-state index is 0.0526. The number of hydrogen-bond donors (Lipinski definition) is 1. The number of halogens is 3. The van der Waals surface area contributed by atoms with E-state index in [0.717, 1.165) is 17.0 Å². The molecular formula is C22H17F3N2O2S. The number of hydrogen-bond acceptors (Lipinski definition) is 3. The topological polar surface area (TPSA) is 49.4 Å². The molecule has 2 heterocycles. The van der Waals surface area contributed by atoms with Crippen molar-refractivity contribution in [1.29, 1.82) is 0 Å². The summed E-state index contributed by atoms with van der Waals surface area (Å²) in [6.45, 7) is 0. The molecule has 0 spiro atoms. The van der Waals surface area contributed by atoms with Crippen molar-refractivity contribution in [2.75, 3.05) is 12.4 Å². The van der Waals surface area contributed by atoms with Crippen molar-refractivity contribution in [3.63, 3.8) is 0 Å². The van der Waals surface area contributed by atoms with Crippen LogP contribution in [-0.4, -0.2) is 23.8 Å². The van der Waals surface area contributed by atoms with E-state index in [1.165, 1.54) is 28.4 Å². The first kappa shape index (κ1) is 20.2. The third-order valence-electron chi connectivity index (χ3n) is 5.15. The Labute approximate surface area is 174 Å². The van der Waals surface area contributed by atoms with Crippen molar-refractivity contribution in [2.45, 2.75) is 18.1 Å². The van der Waals surface area contributed by atoms with Gasteiger partial charge in [-0.3, -0.25) is 9.59 Å². The normalized spacial score (nSPS) is 18.8. The zero-order valence-corrected chi connectivity index (χ0v) is 16.6. The van der Waals surface area contributed by atoms with Crippen LogP contribution in [0.15, 0.2) is 66.0 Å². The zero-order chi connectivity index (χ0) is 21.5. The molecule has 3 aromatic rings. The number of thiophene rings is 1. The summed E-state index contributed by atoms with van der Waals surface area (Å²) in [5, 5.41) is 4.48. The maximum absolute atomic E-state index is 13.3. The molecule has 1 aliphatic rings. The molecule has 0 fully saturated rings. The van der Waals surface area contributed by atoms with Gasteiger partial charge < -0.3 is 10.2 Å². The van der Waals surface area contributed by atoms with Crippen LogP contribution in [-0.2, 0) is 11.0 Å². The SMILES string of the molecule is CN1C(=O)c2ccccc2C(C(=O)Nc2cccc(C(F)(F)F)c2)C1c1cccs1. The summed E-state index contributed by atoms with van der Waals surface area (Å²) in [4.78, 5) is 28.5. The van der Waals surface area contributed by atoms with Crippen molar-refractivity contribution in [2.24, 2.45) is 0 Å². The molecule has 1 N–H and O–H groups in total. The molecule has 2 amide bonds. The standard InChI is InChI=1S/C22H17F3N2O2S/c1-27-19(17-10-5-11-30-17)18(15-8-2-3-9-16(15)21(27)29)20(28)26-14-7-4-6-13(12-14)22(23,24)25/h2-12,18-19H,1H3,(H,26,28). The van der Waals surface area contributed by atoms with Crippen LogP contribution in [0.1, 0.15) is 38.3 Å². The lowest BCUT2D eigenvalue weighted by atomic mass is 9.81. The van der Waals surface area contributed by atoms with Crippen LogP contribution in [0.2, 0.25) is 0 Å². The smallest absolute Gasteiger partial charge is 0.333 e. The molecule has 30 heavy (non-hydrogen) atoms. The van der Waals surface area contributed by atoms with Crippen LogP contribution >= 0.6 is 11.3 Å². The summed E-state index contributed by atoms with van der Waals surface area (Å²) in [6, 6.07) is 14.5. The van der Waals surface area contributed by atoms with E-state index in [0.29, 0.717) is 11.1 Å². The second-order valence-electron chi connectivity index (χ2n) is 7.01. The molecule has 0 aliphatic carbocycles. The second-order valence-corrected chi connectivity index (χ2v) is 7.99. The van der Waals surface area contributed by atoms with Gasteiger partial charge in [0, 0.05) is 23.2 Å². The summed E-state index contributed by atoms with van der Waals surface area (Å²) < 4.78 is 39.1. The van der Waals surface area contributed by atoms with Crippen LogP contribution in [0.25, 0.3) is 0 Å². The lowest BCUT2D eigenvalue weighted by Crippen LogP contribution is -2.43. The average Bonchev–Trinajstić information content (AvgIpc) is 3.24. The second kappa shape index (κ2) is 7.60. The number of amides is 2. The van der Waals surface area contributed by atoms with Crippen LogP contribution in [0, 0.1) is 0 Å². The van der Waals surface area contributed by atoms with E-state index in [2.05, 4.69) is 5.32 Å². The molecule has 0 bridgehead atoms. The van der Waals surface area contributed by atoms with E-state index >= 15 is 0 Å². The molecule has 0 saturated heterocycles. The van der Waals surface area contributed by atoms with E-state index in [-0.39, 0.29) is 11.6 Å². The molecule has 2 aromatic carbocycles. The Kier molecular flexibility index (Phi) is 5.11. The fraction of sp³-hybridized carbons (Fsp3) is 0.182. The lowest BCUT2D eigenvalue weighted by Gasteiger charge is -2.39. The molecule has 4 rings (SSSR count). The number of anilines is 1. The highest BCUT2D eigenvalue weighted by atomic mass is 32.1. The van der Waals surface area contributed by atoms with E-state index < -0.39 is 29.6 Å². The third-order valence-corrected chi connectivity index (χ3v) is 6.10. The third kappa shape index (κ3) is 3.59. The number of carbonyl (C=O) groups excluding carboxylic acids is 2. The Morgan fingerprint density at radius 3 is 2.53 bits per heavy atom. The summed E-state index contributed by atoms with van der Waals surface area (Å²) in [6.07, 6.45) is -4.51. The largest absolute Gasteiger partial charge is 0.416 e. The highest BCUT2D eigenvalue weighted by Crippen LogP contribution is 2.44.